The van der Waals surface area contributed by atoms with Gasteiger partial charge >= 0.3 is 0 Å². The third-order valence-electron chi connectivity index (χ3n) is 3.39. The molecule has 1 fully saturated rings. The summed E-state index contributed by atoms with van der Waals surface area (Å²) in [6.07, 6.45) is 0.905. The lowest BCUT2D eigenvalue weighted by atomic mass is 9.96. The number of carbonyl (C=O) groups is 1. The average molecular weight is 253 g/mol. The Bertz CT molecular complexity index is 312. The highest BCUT2D eigenvalue weighted by molar-refractivity contribution is 5.81. The van der Waals surface area contributed by atoms with E-state index < -0.39 is 5.92 Å². The van der Waals surface area contributed by atoms with E-state index in [9.17, 15) is 4.79 Å². The maximum Gasteiger partial charge on any atom is 0.240 e. The van der Waals surface area contributed by atoms with Crippen molar-refractivity contribution < 1.29 is 9.90 Å². The molecule has 1 saturated heterocycles. The Morgan fingerprint density at radius 2 is 2.06 bits per heavy atom. The Morgan fingerprint density at radius 3 is 2.61 bits per heavy atom. The van der Waals surface area contributed by atoms with Crippen LogP contribution in [0.1, 0.15) is 20.3 Å². The van der Waals surface area contributed by atoms with Gasteiger partial charge < -0.3 is 10.0 Å². The maximum atomic E-state index is 12.2. The Morgan fingerprint density at radius 1 is 1.33 bits per heavy atom. The van der Waals surface area contributed by atoms with E-state index in [2.05, 4.69) is 11.0 Å². The third-order valence-corrected chi connectivity index (χ3v) is 3.39. The lowest BCUT2D eigenvalue weighted by Gasteiger charge is -2.25. The first-order valence-corrected chi connectivity index (χ1v) is 6.61. The molecule has 102 valence electrons. The van der Waals surface area contributed by atoms with Crippen LogP contribution in [0.4, 0.5) is 0 Å². The molecule has 0 spiro atoms. The Labute approximate surface area is 109 Å². The number of rotatable bonds is 4. The molecule has 0 aromatic heterocycles. The molecule has 1 amide bonds. The summed E-state index contributed by atoms with van der Waals surface area (Å²) < 4.78 is 0. The van der Waals surface area contributed by atoms with Gasteiger partial charge in [-0.15, -0.1) is 0 Å². The van der Waals surface area contributed by atoms with Crippen molar-refractivity contribution in [3.63, 3.8) is 0 Å². The molecular weight excluding hydrogens is 230 g/mol. The molecule has 1 heterocycles. The minimum atomic E-state index is -0.533. The number of nitriles is 1. The van der Waals surface area contributed by atoms with Gasteiger partial charge in [0.2, 0.25) is 5.91 Å². The van der Waals surface area contributed by atoms with Gasteiger partial charge in [0.05, 0.1) is 12.7 Å². The van der Waals surface area contributed by atoms with Gasteiger partial charge in [0, 0.05) is 26.2 Å². The lowest BCUT2D eigenvalue weighted by molar-refractivity contribution is -0.134. The summed E-state index contributed by atoms with van der Waals surface area (Å²) in [5.74, 6) is -0.521. The highest BCUT2D eigenvalue weighted by Crippen LogP contribution is 2.15. The van der Waals surface area contributed by atoms with Gasteiger partial charge in [0.15, 0.2) is 0 Å². The van der Waals surface area contributed by atoms with Crippen molar-refractivity contribution >= 4 is 5.91 Å². The highest BCUT2D eigenvalue weighted by atomic mass is 16.3. The second-order valence-electron chi connectivity index (χ2n) is 5.09. The fourth-order valence-corrected chi connectivity index (χ4v) is 2.24. The Kier molecular flexibility index (Phi) is 6.10. The minimum Gasteiger partial charge on any atom is -0.395 e. The van der Waals surface area contributed by atoms with E-state index in [0.29, 0.717) is 19.6 Å². The molecule has 0 aliphatic carbocycles. The molecule has 18 heavy (non-hydrogen) atoms. The number of aliphatic hydroxyl groups is 1. The van der Waals surface area contributed by atoms with Crippen molar-refractivity contribution in [1.82, 2.24) is 9.80 Å². The number of nitrogens with zero attached hydrogens (tertiary/aromatic N) is 3. The molecule has 0 saturated carbocycles. The van der Waals surface area contributed by atoms with Gasteiger partial charge in [-0.1, -0.05) is 13.8 Å². The van der Waals surface area contributed by atoms with E-state index in [1.165, 1.54) is 0 Å². The average Bonchev–Trinajstić information content (AvgIpc) is 2.55. The zero-order chi connectivity index (χ0) is 13.5. The number of β-amino-alcohol motifs (C(OH)–C–C–N with tert-alkyl or cyclic N) is 1. The predicted octanol–water partition coefficient (Wildman–Crippen LogP) is 0.309. The van der Waals surface area contributed by atoms with E-state index in [1.54, 1.807) is 4.90 Å². The first-order valence-electron chi connectivity index (χ1n) is 6.61. The van der Waals surface area contributed by atoms with Gasteiger partial charge in [-0.3, -0.25) is 9.69 Å². The van der Waals surface area contributed by atoms with Crippen molar-refractivity contribution in [2.45, 2.75) is 20.3 Å². The molecule has 1 atom stereocenters. The molecule has 0 aromatic rings. The molecule has 5 nitrogen and oxygen atoms in total. The van der Waals surface area contributed by atoms with Crippen molar-refractivity contribution in [2.24, 2.45) is 11.8 Å². The van der Waals surface area contributed by atoms with Crippen LogP contribution in [0.5, 0.6) is 0 Å². The number of amides is 1. The summed E-state index contributed by atoms with van der Waals surface area (Å²) in [7, 11) is 0. The van der Waals surface area contributed by atoms with Gasteiger partial charge in [-0.25, -0.2) is 0 Å². The van der Waals surface area contributed by atoms with Crippen LogP contribution in [-0.2, 0) is 4.79 Å². The van der Waals surface area contributed by atoms with Crippen LogP contribution in [0.2, 0.25) is 0 Å². The monoisotopic (exact) mass is 253 g/mol. The molecule has 1 aliphatic heterocycles. The van der Waals surface area contributed by atoms with Crippen LogP contribution >= 0.6 is 0 Å². The van der Waals surface area contributed by atoms with Gasteiger partial charge in [-0.2, -0.15) is 5.26 Å². The second kappa shape index (κ2) is 7.34. The van der Waals surface area contributed by atoms with E-state index in [0.717, 1.165) is 19.5 Å². The molecule has 1 rings (SSSR count). The first-order chi connectivity index (χ1) is 8.60. The van der Waals surface area contributed by atoms with Crippen molar-refractivity contribution in [2.75, 3.05) is 39.3 Å². The van der Waals surface area contributed by atoms with E-state index in [-0.39, 0.29) is 18.4 Å². The molecule has 1 unspecified atom stereocenters. The normalized spacial score (nSPS) is 19.4. The number of hydrogen-bond acceptors (Lipinski definition) is 4. The molecule has 5 heteroatoms. The SMILES string of the molecule is CC(C)C(C#N)C(=O)N1CCCN(CCO)CC1. The summed E-state index contributed by atoms with van der Waals surface area (Å²) in [6.45, 7) is 7.68. The zero-order valence-electron chi connectivity index (χ0n) is 11.3. The summed E-state index contributed by atoms with van der Waals surface area (Å²) in [5, 5.41) is 18.0. The summed E-state index contributed by atoms with van der Waals surface area (Å²) in [6, 6.07) is 2.11. The van der Waals surface area contributed by atoms with Gasteiger partial charge in [-0.05, 0) is 18.9 Å². The van der Waals surface area contributed by atoms with E-state index in [4.69, 9.17) is 10.4 Å². The van der Waals surface area contributed by atoms with Crippen LogP contribution in [0, 0.1) is 23.2 Å². The molecule has 0 bridgehead atoms. The lowest BCUT2D eigenvalue weighted by Crippen LogP contribution is -2.40. The number of carbonyl (C=O) groups excluding carboxylic acids is 1. The van der Waals surface area contributed by atoms with Crippen molar-refractivity contribution in [3.8, 4) is 6.07 Å². The molecular formula is C13H23N3O2. The van der Waals surface area contributed by atoms with Crippen LogP contribution < -0.4 is 0 Å². The van der Waals surface area contributed by atoms with E-state index in [1.807, 2.05) is 13.8 Å². The Balaban J connectivity index is 2.57. The van der Waals surface area contributed by atoms with Crippen molar-refractivity contribution in [1.29, 1.82) is 5.26 Å². The first kappa shape index (κ1) is 14.9. The minimum absolute atomic E-state index is 0.0432. The zero-order valence-corrected chi connectivity index (χ0v) is 11.3. The van der Waals surface area contributed by atoms with Gasteiger partial charge in [0.1, 0.15) is 5.92 Å². The van der Waals surface area contributed by atoms with Crippen LogP contribution in [-0.4, -0.2) is 60.1 Å². The number of hydrogen-bond donors (Lipinski definition) is 1. The summed E-state index contributed by atoms with van der Waals surface area (Å²) in [5.41, 5.74) is 0. The van der Waals surface area contributed by atoms with Crippen molar-refractivity contribution in [3.05, 3.63) is 0 Å². The fourth-order valence-electron chi connectivity index (χ4n) is 2.24. The van der Waals surface area contributed by atoms with Crippen LogP contribution in [0.15, 0.2) is 0 Å². The molecule has 1 N–H and O–H groups in total. The quantitative estimate of drug-likeness (QED) is 0.783. The fraction of sp³-hybridized carbons (Fsp3) is 0.846. The van der Waals surface area contributed by atoms with Gasteiger partial charge in [0.25, 0.3) is 0 Å². The molecule has 1 aliphatic rings. The molecule has 0 aromatic carbocycles. The van der Waals surface area contributed by atoms with Crippen LogP contribution in [0.3, 0.4) is 0 Å². The summed E-state index contributed by atoms with van der Waals surface area (Å²) in [4.78, 5) is 16.2. The molecule has 0 radical (unpaired) electrons. The van der Waals surface area contributed by atoms with Crippen LogP contribution in [0.25, 0.3) is 0 Å². The summed E-state index contributed by atoms with van der Waals surface area (Å²) >= 11 is 0. The topological polar surface area (TPSA) is 67.6 Å². The second-order valence-corrected chi connectivity index (χ2v) is 5.09. The maximum absolute atomic E-state index is 12.2. The standard InChI is InChI=1S/C13H23N3O2/c1-11(2)12(10-14)13(18)16-5-3-4-15(6-7-16)8-9-17/h11-12,17H,3-9H2,1-2H3. The highest BCUT2D eigenvalue weighted by Gasteiger charge is 2.28. The predicted molar refractivity (Wildman–Crippen MR) is 68.7 cm³/mol. The Hall–Kier alpha value is -1.12. The van der Waals surface area contributed by atoms with E-state index >= 15 is 0 Å². The largest absolute Gasteiger partial charge is 0.395 e. The number of aliphatic hydroxyl groups excluding tert-OH is 1. The third kappa shape index (κ3) is 3.97. The smallest absolute Gasteiger partial charge is 0.240 e.